The second kappa shape index (κ2) is 6.25. The van der Waals surface area contributed by atoms with Crippen LogP contribution in [-0.4, -0.2) is 50.9 Å². The molecule has 1 aromatic heterocycles. The number of benzene rings is 1. The van der Waals surface area contributed by atoms with Crippen LogP contribution < -0.4 is 5.73 Å². The van der Waals surface area contributed by atoms with Crippen molar-refractivity contribution in [2.45, 2.75) is 25.6 Å². The lowest BCUT2D eigenvalue weighted by molar-refractivity contribution is -0.136. The van der Waals surface area contributed by atoms with Crippen LogP contribution in [0.4, 0.5) is 0 Å². The Morgan fingerprint density at radius 2 is 2.18 bits per heavy atom. The summed E-state index contributed by atoms with van der Waals surface area (Å²) in [6, 6.07) is 9.32. The van der Waals surface area contributed by atoms with E-state index in [2.05, 4.69) is 10.1 Å². The zero-order chi connectivity index (χ0) is 15.5. The first kappa shape index (κ1) is 14.7. The largest absolute Gasteiger partial charge is 0.375 e. The minimum absolute atomic E-state index is 0.220. The number of para-hydroxylation sites is 1. The quantitative estimate of drug-likeness (QED) is 0.880. The Bertz CT molecular complexity index is 642. The Morgan fingerprint density at radius 3 is 2.91 bits per heavy atom. The van der Waals surface area contributed by atoms with Crippen molar-refractivity contribution in [2.24, 2.45) is 5.73 Å². The van der Waals surface area contributed by atoms with Gasteiger partial charge in [0, 0.05) is 6.54 Å². The molecule has 116 valence electrons. The maximum atomic E-state index is 11.6. The number of hydrogen-bond donors (Lipinski definition) is 1. The summed E-state index contributed by atoms with van der Waals surface area (Å²) in [4.78, 5) is 17.9. The fourth-order valence-electron chi connectivity index (χ4n) is 2.73. The van der Waals surface area contributed by atoms with Gasteiger partial charge in [0.25, 0.3) is 0 Å². The maximum absolute atomic E-state index is 11.6. The molecule has 1 saturated heterocycles. The highest BCUT2D eigenvalue weighted by molar-refractivity contribution is 5.80. The van der Waals surface area contributed by atoms with Crippen molar-refractivity contribution in [1.82, 2.24) is 19.7 Å². The van der Waals surface area contributed by atoms with E-state index in [1.807, 2.05) is 42.2 Å². The molecule has 7 nitrogen and oxygen atoms in total. The normalized spacial score (nSPS) is 22.6. The van der Waals surface area contributed by atoms with Crippen molar-refractivity contribution in [1.29, 1.82) is 0 Å². The number of hydrogen-bond acceptors (Lipinski definition) is 5. The number of morpholine rings is 1. The first-order chi connectivity index (χ1) is 10.6. The van der Waals surface area contributed by atoms with Crippen LogP contribution in [0.2, 0.25) is 0 Å². The van der Waals surface area contributed by atoms with Crippen molar-refractivity contribution in [3.8, 4) is 5.69 Å². The molecule has 1 fully saturated rings. The van der Waals surface area contributed by atoms with Gasteiger partial charge in [-0.1, -0.05) is 18.2 Å². The number of carbonyl (C=O) groups is 1. The fourth-order valence-corrected chi connectivity index (χ4v) is 2.73. The average molecular weight is 301 g/mol. The van der Waals surface area contributed by atoms with Crippen LogP contribution in [0.3, 0.4) is 0 Å². The second-order valence-electron chi connectivity index (χ2n) is 5.33. The van der Waals surface area contributed by atoms with Gasteiger partial charge in [0.05, 0.1) is 24.9 Å². The predicted octanol–water partition coefficient (Wildman–Crippen LogP) is 0.342. The zero-order valence-corrected chi connectivity index (χ0v) is 12.4. The molecule has 7 heteroatoms. The summed E-state index contributed by atoms with van der Waals surface area (Å²) >= 11 is 0. The van der Waals surface area contributed by atoms with Crippen molar-refractivity contribution in [2.75, 3.05) is 13.2 Å². The Morgan fingerprint density at radius 1 is 1.41 bits per heavy atom. The summed E-state index contributed by atoms with van der Waals surface area (Å²) in [6.07, 6.45) is 1.45. The van der Waals surface area contributed by atoms with Crippen LogP contribution in [-0.2, 0) is 16.1 Å². The van der Waals surface area contributed by atoms with Gasteiger partial charge in [-0.15, -0.1) is 5.10 Å². The topological polar surface area (TPSA) is 86.3 Å². The van der Waals surface area contributed by atoms with Gasteiger partial charge in [0.2, 0.25) is 5.91 Å². The predicted molar refractivity (Wildman–Crippen MR) is 80.2 cm³/mol. The highest BCUT2D eigenvalue weighted by Crippen LogP contribution is 2.16. The molecule has 0 spiro atoms. The number of nitrogens with two attached hydrogens (primary N) is 1. The first-order valence-electron chi connectivity index (χ1n) is 7.26. The molecule has 3 rings (SSSR count). The standard InChI is InChI=1S/C15H19N5O2/c1-11-14(15(16)21)19(7-8-22-11)9-13-17-10-20(18-13)12-5-3-2-4-6-12/h2-6,10-11,14H,7-9H2,1H3,(H2,16,21)/t11-,14+/m1/s1. The second-order valence-corrected chi connectivity index (χ2v) is 5.33. The SMILES string of the molecule is C[C@H]1OCCN(Cc2ncn(-c3ccccc3)n2)[C@@H]1C(N)=O. The minimum Gasteiger partial charge on any atom is -0.375 e. The van der Waals surface area contributed by atoms with Gasteiger partial charge in [0.1, 0.15) is 12.4 Å². The monoisotopic (exact) mass is 301 g/mol. The molecule has 0 saturated carbocycles. The van der Waals surface area contributed by atoms with E-state index in [1.165, 1.54) is 0 Å². The summed E-state index contributed by atoms with van der Waals surface area (Å²) in [7, 11) is 0. The molecule has 0 unspecified atom stereocenters. The Kier molecular flexibility index (Phi) is 4.17. The lowest BCUT2D eigenvalue weighted by atomic mass is 10.1. The van der Waals surface area contributed by atoms with Gasteiger partial charge in [-0.2, -0.15) is 0 Å². The molecule has 1 amide bonds. The molecule has 2 aromatic rings. The van der Waals surface area contributed by atoms with Crippen LogP contribution in [0, 0.1) is 0 Å². The van der Waals surface area contributed by atoms with Crippen molar-refractivity contribution >= 4 is 5.91 Å². The maximum Gasteiger partial charge on any atom is 0.237 e. The molecular formula is C15H19N5O2. The van der Waals surface area contributed by atoms with E-state index in [4.69, 9.17) is 10.5 Å². The average Bonchev–Trinajstić information content (AvgIpc) is 2.96. The van der Waals surface area contributed by atoms with E-state index in [0.29, 0.717) is 25.5 Å². The zero-order valence-electron chi connectivity index (χ0n) is 12.4. The summed E-state index contributed by atoms with van der Waals surface area (Å²) in [6.45, 7) is 3.54. The third-order valence-corrected chi connectivity index (χ3v) is 3.79. The molecule has 22 heavy (non-hydrogen) atoms. The Hall–Kier alpha value is -2.25. The van der Waals surface area contributed by atoms with Gasteiger partial charge < -0.3 is 10.5 Å². The van der Waals surface area contributed by atoms with Crippen molar-refractivity contribution in [3.05, 3.63) is 42.5 Å². The van der Waals surface area contributed by atoms with Crippen molar-refractivity contribution in [3.63, 3.8) is 0 Å². The molecule has 2 atom stereocenters. The van der Waals surface area contributed by atoms with Gasteiger partial charge in [-0.25, -0.2) is 9.67 Å². The molecule has 1 aromatic carbocycles. The highest BCUT2D eigenvalue weighted by atomic mass is 16.5. The van der Waals surface area contributed by atoms with Crippen LogP contribution in [0.5, 0.6) is 0 Å². The summed E-state index contributed by atoms with van der Waals surface area (Å²) < 4.78 is 7.23. The van der Waals surface area contributed by atoms with Gasteiger partial charge in [0.15, 0.2) is 5.82 Å². The van der Waals surface area contributed by atoms with Crippen LogP contribution >= 0.6 is 0 Å². The number of nitrogens with zero attached hydrogens (tertiary/aromatic N) is 4. The number of amides is 1. The number of carbonyl (C=O) groups excluding carboxylic acids is 1. The summed E-state index contributed by atoms with van der Waals surface area (Å²) in [5.41, 5.74) is 6.44. The number of aromatic nitrogens is 3. The third kappa shape index (κ3) is 3.00. The molecule has 2 heterocycles. The molecule has 1 aliphatic rings. The summed E-state index contributed by atoms with van der Waals surface area (Å²) in [5.74, 6) is 0.277. The van der Waals surface area contributed by atoms with E-state index in [1.54, 1.807) is 11.0 Å². The minimum atomic E-state index is -0.447. The Labute approximate surface area is 128 Å². The molecule has 0 bridgehead atoms. The van der Waals surface area contributed by atoms with E-state index < -0.39 is 6.04 Å². The number of ether oxygens (including phenoxy) is 1. The molecule has 1 aliphatic heterocycles. The molecule has 0 aliphatic carbocycles. The van der Waals surface area contributed by atoms with Crippen molar-refractivity contribution < 1.29 is 9.53 Å². The first-order valence-corrected chi connectivity index (χ1v) is 7.26. The van der Waals surface area contributed by atoms with Crippen LogP contribution in [0.25, 0.3) is 5.69 Å². The number of rotatable bonds is 4. The fraction of sp³-hybridized carbons (Fsp3) is 0.400. The van der Waals surface area contributed by atoms with Gasteiger partial charge in [-0.3, -0.25) is 9.69 Å². The lowest BCUT2D eigenvalue weighted by Gasteiger charge is -2.37. The molecule has 0 radical (unpaired) electrons. The van der Waals surface area contributed by atoms with E-state index in [9.17, 15) is 4.79 Å². The van der Waals surface area contributed by atoms with Gasteiger partial charge >= 0.3 is 0 Å². The lowest BCUT2D eigenvalue weighted by Crippen LogP contribution is -2.56. The molecular weight excluding hydrogens is 282 g/mol. The summed E-state index contributed by atoms with van der Waals surface area (Å²) in [5, 5.41) is 4.46. The third-order valence-electron chi connectivity index (χ3n) is 3.79. The number of primary amides is 1. The highest BCUT2D eigenvalue weighted by Gasteiger charge is 2.34. The smallest absolute Gasteiger partial charge is 0.237 e. The van der Waals surface area contributed by atoms with E-state index in [0.717, 1.165) is 5.69 Å². The van der Waals surface area contributed by atoms with E-state index >= 15 is 0 Å². The Balaban J connectivity index is 1.75. The van der Waals surface area contributed by atoms with E-state index in [-0.39, 0.29) is 12.0 Å². The molecule has 2 N–H and O–H groups in total. The van der Waals surface area contributed by atoms with Crippen LogP contribution in [0.15, 0.2) is 36.7 Å². The van der Waals surface area contributed by atoms with Crippen LogP contribution in [0.1, 0.15) is 12.7 Å². The van der Waals surface area contributed by atoms with Gasteiger partial charge in [-0.05, 0) is 19.1 Å².